The second-order valence-corrected chi connectivity index (χ2v) is 5.19. The summed E-state index contributed by atoms with van der Waals surface area (Å²) in [5.74, 6) is 0. The summed E-state index contributed by atoms with van der Waals surface area (Å²) >= 11 is 6.60. The van der Waals surface area contributed by atoms with Gasteiger partial charge >= 0.3 is 0 Å². The Bertz CT molecular complexity index is 436. The summed E-state index contributed by atoms with van der Waals surface area (Å²) < 4.78 is 1.54. The largest absolute Gasteiger partial charge is 0.390 e. The van der Waals surface area contributed by atoms with Crippen molar-refractivity contribution in [2.45, 2.75) is 18.6 Å². The molecule has 0 saturated heterocycles. The lowest BCUT2D eigenvalue weighted by Crippen LogP contribution is -2.19. The zero-order valence-electron chi connectivity index (χ0n) is 8.79. The molecule has 0 amide bonds. The molecular formula is C10H11Br2N3O2. The van der Waals surface area contributed by atoms with E-state index in [9.17, 15) is 10.2 Å². The van der Waals surface area contributed by atoms with Gasteiger partial charge in [-0.15, -0.1) is 0 Å². The third-order valence-corrected chi connectivity index (χ3v) is 3.44. The van der Waals surface area contributed by atoms with Crippen LogP contribution in [0.15, 0.2) is 32.3 Å². The number of nitrogens with zero attached hydrogens (tertiary/aromatic N) is 3. The molecule has 1 aromatic carbocycles. The first-order valence-corrected chi connectivity index (χ1v) is 6.46. The van der Waals surface area contributed by atoms with Gasteiger partial charge in [0.15, 0.2) is 0 Å². The normalized spacial score (nSPS) is 13.9. The molecule has 17 heavy (non-hydrogen) atoms. The highest BCUT2D eigenvalue weighted by molar-refractivity contribution is 9.11. The van der Waals surface area contributed by atoms with Gasteiger partial charge in [0.1, 0.15) is 6.10 Å². The average Bonchev–Trinajstić information content (AvgIpc) is 2.31. The van der Waals surface area contributed by atoms with Crippen LogP contribution in [-0.2, 0) is 0 Å². The summed E-state index contributed by atoms with van der Waals surface area (Å²) in [7, 11) is 0. The van der Waals surface area contributed by atoms with Crippen molar-refractivity contribution in [3.05, 3.63) is 43.2 Å². The highest BCUT2D eigenvalue weighted by Crippen LogP contribution is 2.29. The second-order valence-electron chi connectivity index (χ2n) is 3.42. The minimum Gasteiger partial charge on any atom is -0.390 e. The highest BCUT2D eigenvalue weighted by Gasteiger charge is 2.20. The Kier molecular flexibility index (Phi) is 5.94. The van der Waals surface area contributed by atoms with Crippen LogP contribution in [0, 0.1) is 0 Å². The van der Waals surface area contributed by atoms with E-state index in [1.807, 2.05) is 6.07 Å². The molecule has 1 rings (SSSR count). The van der Waals surface area contributed by atoms with E-state index in [0.717, 1.165) is 8.95 Å². The lowest BCUT2D eigenvalue weighted by molar-refractivity contribution is 0.0146. The zero-order valence-corrected chi connectivity index (χ0v) is 12.0. The molecule has 2 N–H and O–H groups in total. The number of hydrogen-bond acceptors (Lipinski definition) is 3. The minimum atomic E-state index is -1.02. The molecule has 0 bridgehead atoms. The molecule has 7 heteroatoms. The molecule has 0 spiro atoms. The maximum Gasteiger partial charge on any atom is 0.106 e. The van der Waals surface area contributed by atoms with E-state index in [0.29, 0.717) is 5.56 Å². The minimum absolute atomic E-state index is 0.153. The zero-order chi connectivity index (χ0) is 12.8. The first-order chi connectivity index (χ1) is 8.06. The standard InChI is InChI=1S/C10H11Br2N3O2/c11-6-1-2-8(12)7(5-6)10(17)9(16)3-4-14-15-13/h1-2,5,9-10,16-17H,3-4H2. The van der Waals surface area contributed by atoms with Crippen molar-refractivity contribution in [3.63, 3.8) is 0 Å². The van der Waals surface area contributed by atoms with Crippen LogP contribution >= 0.6 is 31.9 Å². The Balaban J connectivity index is 2.76. The third-order valence-electron chi connectivity index (χ3n) is 2.23. The van der Waals surface area contributed by atoms with Gasteiger partial charge in [0.05, 0.1) is 6.10 Å². The summed E-state index contributed by atoms with van der Waals surface area (Å²) in [5, 5.41) is 23.0. The summed E-state index contributed by atoms with van der Waals surface area (Å²) in [6, 6.07) is 5.33. The fourth-order valence-corrected chi connectivity index (χ4v) is 2.20. The molecule has 0 saturated carbocycles. The average molecular weight is 365 g/mol. The van der Waals surface area contributed by atoms with Crippen LogP contribution in [0.3, 0.4) is 0 Å². The third kappa shape index (κ3) is 4.29. The van der Waals surface area contributed by atoms with Gasteiger partial charge in [0.2, 0.25) is 0 Å². The first kappa shape index (κ1) is 14.5. The van der Waals surface area contributed by atoms with Gasteiger partial charge in [-0.3, -0.25) is 0 Å². The number of halogens is 2. The molecule has 0 heterocycles. The maximum atomic E-state index is 9.96. The van der Waals surface area contributed by atoms with Gasteiger partial charge in [0, 0.05) is 20.4 Å². The molecule has 92 valence electrons. The van der Waals surface area contributed by atoms with Crippen LogP contribution in [0.25, 0.3) is 10.4 Å². The lowest BCUT2D eigenvalue weighted by Gasteiger charge is -2.18. The van der Waals surface area contributed by atoms with Crippen LogP contribution in [0.4, 0.5) is 0 Å². The fourth-order valence-electron chi connectivity index (χ4n) is 1.34. The van der Waals surface area contributed by atoms with E-state index in [-0.39, 0.29) is 13.0 Å². The molecule has 1 aromatic rings. The fraction of sp³-hybridized carbons (Fsp3) is 0.400. The number of rotatable bonds is 5. The van der Waals surface area contributed by atoms with Crippen molar-refractivity contribution in [2.24, 2.45) is 5.11 Å². The Hall–Kier alpha value is -0.590. The van der Waals surface area contributed by atoms with Gasteiger partial charge in [-0.2, -0.15) is 0 Å². The molecule has 0 aliphatic heterocycles. The van der Waals surface area contributed by atoms with Gasteiger partial charge in [-0.05, 0) is 35.7 Å². The molecule has 5 nitrogen and oxygen atoms in total. The molecule has 0 aliphatic rings. The molecule has 0 fully saturated rings. The van der Waals surface area contributed by atoms with Crippen molar-refractivity contribution in [3.8, 4) is 0 Å². The van der Waals surface area contributed by atoms with Gasteiger partial charge in [-0.1, -0.05) is 37.0 Å². The Morgan fingerprint density at radius 3 is 2.71 bits per heavy atom. The number of benzene rings is 1. The van der Waals surface area contributed by atoms with E-state index < -0.39 is 12.2 Å². The van der Waals surface area contributed by atoms with E-state index in [4.69, 9.17) is 5.53 Å². The maximum absolute atomic E-state index is 9.96. The molecule has 0 aliphatic carbocycles. The van der Waals surface area contributed by atoms with Crippen molar-refractivity contribution >= 4 is 31.9 Å². The SMILES string of the molecule is [N-]=[N+]=NCCC(O)C(O)c1cc(Br)ccc1Br. The lowest BCUT2D eigenvalue weighted by atomic mass is 10.0. The van der Waals surface area contributed by atoms with Crippen LogP contribution in [0.2, 0.25) is 0 Å². The monoisotopic (exact) mass is 363 g/mol. The predicted molar refractivity (Wildman–Crippen MR) is 71.4 cm³/mol. The molecule has 0 radical (unpaired) electrons. The number of hydrogen-bond donors (Lipinski definition) is 2. The predicted octanol–water partition coefficient (Wildman–Crippen LogP) is 3.31. The number of aliphatic hydroxyl groups excluding tert-OH is 2. The van der Waals surface area contributed by atoms with Crippen LogP contribution in [0.1, 0.15) is 18.1 Å². The van der Waals surface area contributed by atoms with E-state index in [1.165, 1.54) is 0 Å². The van der Waals surface area contributed by atoms with Crippen LogP contribution in [-0.4, -0.2) is 22.9 Å². The summed E-state index contributed by atoms with van der Waals surface area (Å²) in [4.78, 5) is 2.59. The summed E-state index contributed by atoms with van der Waals surface area (Å²) in [6.07, 6.45) is -1.77. The summed E-state index contributed by atoms with van der Waals surface area (Å²) in [5.41, 5.74) is 8.71. The van der Waals surface area contributed by atoms with Gasteiger partial charge in [-0.25, -0.2) is 0 Å². The van der Waals surface area contributed by atoms with Crippen molar-refractivity contribution in [1.82, 2.24) is 0 Å². The molecule has 2 atom stereocenters. The molecular weight excluding hydrogens is 354 g/mol. The quantitative estimate of drug-likeness (QED) is 0.476. The van der Waals surface area contributed by atoms with Gasteiger partial charge in [0.25, 0.3) is 0 Å². The van der Waals surface area contributed by atoms with Crippen molar-refractivity contribution in [1.29, 1.82) is 0 Å². The first-order valence-electron chi connectivity index (χ1n) is 4.88. The Morgan fingerprint density at radius 1 is 1.35 bits per heavy atom. The van der Waals surface area contributed by atoms with E-state index in [2.05, 4.69) is 41.9 Å². The molecule has 2 unspecified atom stereocenters. The topological polar surface area (TPSA) is 89.2 Å². The van der Waals surface area contributed by atoms with Gasteiger partial charge < -0.3 is 10.2 Å². The summed E-state index contributed by atoms with van der Waals surface area (Å²) in [6.45, 7) is 0.153. The van der Waals surface area contributed by atoms with E-state index in [1.54, 1.807) is 12.1 Å². The van der Waals surface area contributed by atoms with E-state index >= 15 is 0 Å². The molecule has 0 aromatic heterocycles. The number of aliphatic hydroxyl groups is 2. The van der Waals surface area contributed by atoms with Crippen molar-refractivity contribution in [2.75, 3.05) is 6.54 Å². The van der Waals surface area contributed by atoms with Crippen LogP contribution in [0.5, 0.6) is 0 Å². The Morgan fingerprint density at radius 2 is 2.06 bits per heavy atom. The number of azide groups is 1. The Labute approximate surface area is 115 Å². The second kappa shape index (κ2) is 6.98. The van der Waals surface area contributed by atoms with Crippen LogP contribution < -0.4 is 0 Å². The smallest absolute Gasteiger partial charge is 0.106 e. The van der Waals surface area contributed by atoms with Crippen molar-refractivity contribution < 1.29 is 10.2 Å². The highest BCUT2D eigenvalue weighted by atomic mass is 79.9.